The van der Waals surface area contributed by atoms with Crippen molar-refractivity contribution in [1.29, 1.82) is 0 Å². The molecule has 0 radical (unpaired) electrons. The maximum absolute atomic E-state index is 10.8. The number of methoxy groups -OCH3 is 1. The smallest absolute Gasteiger partial charge is 0.216 e. The highest BCUT2D eigenvalue weighted by atomic mass is 32.2. The predicted octanol–water partition coefficient (Wildman–Crippen LogP) is 1.57. The highest BCUT2D eigenvalue weighted by Crippen LogP contribution is 2.38. The minimum Gasteiger partial charge on any atom is -0.499 e. The van der Waals surface area contributed by atoms with Crippen LogP contribution in [0.15, 0.2) is 11.8 Å². The molecular weight excluding hydrogens is 148 g/mol. The van der Waals surface area contributed by atoms with Gasteiger partial charge in [0.1, 0.15) is 5.76 Å². The average molecular weight is 158 g/mol. The van der Waals surface area contributed by atoms with Gasteiger partial charge in [-0.2, -0.15) is 0 Å². The van der Waals surface area contributed by atoms with Gasteiger partial charge in [-0.05, 0) is 13.8 Å². The molecule has 0 spiro atoms. The van der Waals surface area contributed by atoms with Crippen LogP contribution < -0.4 is 0 Å². The summed E-state index contributed by atoms with van der Waals surface area (Å²) in [6.45, 7) is 3.94. The minimum atomic E-state index is -0.161. The van der Waals surface area contributed by atoms with Gasteiger partial charge in [-0.3, -0.25) is 4.79 Å². The molecule has 0 fully saturated rings. The van der Waals surface area contributed by atoms with Crippen molar-refractivity contribution < 1.29 is 9.53 Å². The van der Waals surface area contributed by atoms with Crippen LogP contribution in [0.1, 0.15) is 13.8 Å². The second kappa shape index (κ2) is 2.31. The Morgan fingerprint density at radius 2 is 2.20 bits per heavy atom. The van der Waals surface area contributed by atoms with Crippen LogP contribution in [0.5, 0.6) is 0 Å². The maximum atomic E-state index is 10.8. The van der Waals surface area contributed by atoms with Crippen molar-refractivity contribution >= 4 is 16.9 Å². The lowest BCUT2D eigenvalue weighted by Crippen LogP contribution is -2.15. The lowest BCUT2D eigenvalue weighted by atomic mass is 10.1. The van der Waals surface area contributed by atoms with E-state index < -0.39 is 0 Å². The monoisotopic (exact) mass is 158 g/mol. The van der Waals surface area contributed by atoms with Gasteiger partial charge in [0.25, 0.3) is 0 Å². The van der Waals surface area contributed by atoms with Crippen molar-refractivity contribution in [1.82, 2.24) is 0 Å². The van der Waals surface area contributed by atoms with Crippen LogP contribution in [0.2, 0.25) is 0 Å². The quantitative estimate of drug-likeness (QED) is 0.579. The Hall–Kier alpha value is -0.440. The Balaban J connectivity index is 2.86. The SMILES string of the molecule is COC1=CC(=O)SC1(C)C. The Kier molecular flexibility index (Phi) is 1.77. The molecule has 0 saturated carbocycles. The van der Waals surface area contributed by atoms with Crippen LogP contribution in [0.4, 0.5) is 0 Å². The van der Waals surface area contributed by atoms with E-state index in [4.69, 9.17) is 4.74 Å². The first-order valence-corrected chi connectivity index (χ1v) is 3.87. The molecule has 0 saturated heterocycles. The molecule has 0 aromatic rings. The van der Waals surface area contributed by atoms with Gasteiger partial charge in [0, 0.05) is 6.08 Å². The summed E-state index contributed by atoms with van der Waals surface area (Å²) in [6, 6.07) is 0. The summed E-state index contributed by atoms with van der Waals surface area (Å²) in [4.78, 5) is 10.8. The van der Waals surface area contributed by atoms with Crippen LogP contribution in [-0.4, -0.2) is 17.0 Å². The van der Waals surface area contributed by atoms with E-state index in [0.717, 1.165) is 5.76 Å². The van der Waals surface area contributed by atoms with Gasteiger partial charge >= 0.3 is 0 Å². The first-order valence-electron chi connectivity index (χ1n) is 3.05. The number of hydrogen-bond acceptors (Lipinski definition) is 3. The van der Waals surface area contributed by atoms with E-state index >= 15 is 0 Å². The van der Waals surface area contributed by atoms with Gasteiger partial charge in [0.15, 0.2) is 0 Å². The largest absolute Gasteiger partial charge is 0.499 e. The summed E-state index contributed by atoms with van der Waals surface area (Å²) in [5, 5.41) is 0.0850. The van der Waals surface area contributed by atoms with Crippen molar-refractivity contribution in [2.24, 2.45) is 0 Å². The van der Waals surface area contributed by atoms with Crippen molar-refractivity contribution in [2.45, 2.75) is 18.6 Å². The summed E-state index contributed by atoms with van der Waals surface area (Å²) in [7, 11) is 1.59. The standard InChI is InChI=1S/C7H10O2S/c1-7(2)5(9-3)4-6(8)10-7/h4H,1-3H3. The molecule has 3 heteroatoms. The van der Waals surface area contributed by atoms with E-state index in [1.807, 2.05) is 13.8 Å². The molecule has 0 aromatic heterocycles. The topological polar surface area (TPSA) is 26.3 Å². The molecule has 0 bridgehead atoms. The molecule has 1 rings (SSSR count). The lowest BCUT2D eigenvalue weighted by Gasteiger charge is -2.18. The lowest BCUT2D eigenvalue weighted by molar-refractivity contribution is -0.107. The molecule has 1 aliphatic heterocycles. The number of thioether (sulfide) groups is 1. The molecule has 0 N–H and O–H groups in total. The zero-order valence-electron chi connectivity index (χ0n) is 6.30. The fraction of sp³-hybridized carbons (Fsp3) is 0.571. The molecule has 0 amide bonds. The van der Waals surface area contributed by atoms with Crippen LogP contribution in [-0.2, 0) is 9.53 Å². The van der Waals surface area contributed by atoms with Crippen molar-refractivity contribution in [3.05, 3.63) is 11.8 Å². The number of carbonyl (C=O) groups is 1. The van der Waals surface area contributed by atoms with Gasteiger partial charge in [-0.1, -0.05) is 11.8 Å². The maximum Gasteiger partial charge on any atom is 0.216 e. The minimum absolute atomic E-state index is 0.0850. The van der Waals surface area contributed by atoms with Gasteiger partial charge < -0.3 is 4.74 Å². The normalized spacial score (nSPS) is 22.7. The van der Waals surface area contributed by atoms with E-state index in [9.17, 15) is 4.79 Å². The number of carbonyl (C=O) groups excluding carboxylic acids is 1. The number of ether oxygens (including phenoxy) is 1. The van der Waals surface area contributed by atoms with Crippen LogP contribution in [0.25, 0.3) is 0 Å². The summed E-state index contributed by atoms with van der Waals surface area (Å²) < 4.78 is 4.86. The average Bonchev–Trinajstić information content (AvgIpc) is 2.04. The van der Waals surface area contributed by atoms with Gasteiger partial charge in [-0.25, -0.2) is 0 Å². The Labute approximate surface area is 64.6 Å². The van der Waals surface area contributed by atoms with Crippen LogP contribution >= 0.6 is 11.8 Å². The molecule has 2 nitrogen and oxygen atoms in total. The molecule has 10 heavy (non-hydrogen) atoms. The number of hydrogen-bond donors (Lipinski definition) is 0. The van der Waals surface area contributed by atoms with Crippen LogP contribution in [0, 0.1) is 0 Å². The highest BCUT2D eigenvalue weighted by Gasteiger charge is 2.34. The van der Waals surface area contributed by atoms with Crippen molar-refractivity contribution in [3.63, 3.8) is 0 Å². The van der Waals surface area contributed by atoms with Crippen molar-refractivity contribution in [3.8, 4) is 0 Å². The van der Waals surface area contributed by atoms with Gasteiger partial charge in [0.2, 0.25) is 5.12 Å². The van der Waals surface area contributed by atoms with E-state index in [2.05, 4.69) is 0 Å². The summed E-state index contributed by atoms with van der Waals surface area (Å²) in [6.07, 6.45) is 1.55. The summed E-state index contributed by atoms with van der Waals surface area (Å²) in [5.41, 5.74) is 0. The van der Waals surface area contributed by atoms with E-state index in [1.165, 1.54) is 11.8 Å². The van der Waals surface area contributed by atoms with E-state index in [0.29, 0.717) is 0 Å². The third-order valence-corrected chi connectivity index (χ3v) is 2.45. The molecule has 0 aliphatic carbocycles. The predicted molar refractivity (Wildman–Crippen MR) is 41.8 cm³/mol. The first kappa shape index (κ1) is 7.66. The second-order valence-corrected chi connectivity index (χ2v) is 4.27. The molecule has 0 unspecified atom stereocenters. The second-order valence-electron chi connectivity index (χ2n) is 2.64. The Bertz CT molecular complexity index is 194. The third kappa shape index (κ3) is 1.19. The highest BCUT2D eigenvalue weighted by molar-refractivity contribution is 8.15. The van der Waals surface area contributed by atoms with Crippen LogP contribution in [0.3, 0.4) is 0 Å². The fourth-order valence-electron chi connectivity index (χ4n) is 0.917. The zero-order chi connectivity index (χ0) is 7.78. The summed E-state index contributed by atoms with van der Waals surface area (Å²) in [5.74, 6) is 0.766. The fourth-order valence-corrected chi connectivity index (χ4v) is 1.83. The zero-order valence-corrected chi connectivity index (χ0v) is 7.12. The number of rotatable bonds is 1. The van der Waals surface area contributed by atoms with E-state index in [1.54, 1.807) is 13.2 Å². The first-order chi connectivity index (χ1) is 4.56. The molecule has 1 heterocycles. The third-order valence-electron chi connectivity index (χ3n) is 1.42. The van der Waals surface area contributed by atoms with E-state index in [-0.39, 0.29) is 9.86 Å². The van der Waals surface area contributed by atoms with Crippen molar-refractivity contribution in [2.75, 3.05) is 7.11 Å². The molecule has 0 atom stereocenters. The van der Waals surface area contributed by atoms with Gasteiger partial charge in [0.05, 0.1) is 11.9 Å². The molecule has 1 aliphatic rings. The van der Waals surface area contributed by atoms with Gasteiger partial charge in [-0.15, -0.1) is 0 Å². The molecule has 0 aromatic carbocycles. The Morgan fingerprint density at radius 3 is 2.40 bits per heavy atom. The summed E-state index contributed by atoms with van der Waals surface area (Å²) >= 11 is 1.30. The molecule has 56 valence electrons. The Morgan fingerprint density at radius 1 is 1.60 bits per heavy atom. The molecular formula is C7H10O2S.